The number of nitrogens with zero attached hydrogens (tertiary/aromatic N) is 7. The fraction of sp³-hybridized carbons (Fsp3) is 0.333. The average molecular weight is 881 g/mol. The zero-order valence-corrected chi connectivity index (χ0v) is 36.6. The fourth-order valence-corrected chi connectivity index (χ4v) is 9.73. The van der Waals surface area contributed by atoms with Crippen LogP contribution in [0.2, 0.25) is 0 Å². The van der Waals surface area contributed by atoms with Gasteiger partial charge in [-0.15, -0.1) is 0 Å². The molecule has 17 nitrogen and oxygen atoms in total. The highest BCUT2D eigenvalue weighted by Gasteiger charge is 2.45. The number of ether oxygens (including phenoxy) is 2. The van der Waals surface area contributed by atoms with Crippen LogP contribution in [0.15, 0.2) is 70.3 Å². The molecule has 0 aliphatic carbocycles. The van der Waals surface area contributed by atoms with Gasteiger partial charge in [-0.25, -0.2) is 29.0 Å². The number of aliphatic hydroxyl groups is 1. The number of aromatic nitrogens is 6. The molecule has 4 aromatic heterocycles. The molecule has 0 bridgehead atoms. The molecule has 7 heterocycles. The van der Waals surface area contributed by atoms with E-state index in [0.717, 1.165) is 33.1 Å². The predicted octanol–water partition coefficient (Wildman–Crippen LogP) is 5.53. The third-order valence-corrected chi connectivity index (χ3v) is 13.4. The number of esters is 1. The van der Waals surface area contributed by atoms with Gasteiger partial charge in [0.1, 0.15) is 23.9 Å². The molecule has 334 valence electrons. The minimum atomic E-state index is -1.91. The second kappa shape index (κ2) is 15.5. The highest BCUT2D eigenvalue weighted by atomic mass is 16.6. The summed E-state index contributed by atoms with van der Waals surface area (Å²) in [6.45, 7) is 10.4. The lowest BCUT2D eigenvalue weighted by Crippen LogP contribution is -2.49. The Balaban J connectivity index is 0.831. The molecule has 1 saturated heterocycles. The number of phenols is 2. The zero-order valence-electron chi connectivity index (χ0n) is 36.6. The van der Waals surface area contributed by atoms with Crippen molar-refractivity contribution in [2.45, 2.75) is 71.8 Å². The lowest BCUT2D eigenvalue weighted by Gasteiger charge is -2.34. The number of nitrogens with one attached hydrogen (secondary N) is 1. The molecule has 17 heteroatoms. The second-order valence-electron chi connectivity index (χ2n) is 17.4. The third kappa shape index (κ3) is 6.67. The summed E-state index contributed by atoms with van der Waals surface area (Å²) in [5.41, 5.74) is 5.02. The summed E-state index contributed by atoms with van der Waals surface area (Å²) in [5, 5.41) is 40.9. The van der Waals surface area contributed by atoms with Crippen LogP contribution in [-0.4, -0.2) is 92.2 Å². The number of fused-ring (bicyclic) bond motifs is 6. The van der Waals surface area contributed by atoms with Crippen molar-refractivity contribution in [2.75, 3.05) is 26.2 Å². The highest BCUT2D eigenvalue weighted by Crippen LogP contribution is 2.42. The van der Waals surface area contributed by atoms with Gasteiger partial charge in [-0.2, -0.15) is 5.10 Å². The molecule has 1 atom stereocenters. The number of carbonyl (C=O) groups is 2. The molecule has 4 N–H and O–H groups in total. The molecular weight excluding hydrogens is 833 g/mol. The molecule has 3 aliphatic heterocycles. The van der Waals surface area contributed by atoms with Gasteiger partial charge in [-0.05, 0) is 84.5 Å². The van der Waals surface area contributed by atoms with Crippen LogP contribution in [0.3, 0.4) is 0 Å². The number of piperazine rings is 1. The summed E-state index contributed by atoms with van der Waals surface area (Å²) in [4.78, 5) is 62.0. The molecule has 7 aromatic rings. The summed E-state index contributed by atoms with van der Waals surface area (Å²) in [6, 6.07) is 17.7. The van der Waals surface area contributed by atoms with Crippen molar-refractivity contribution < 1.29 is 34.4 Å². The molecule has 1 amide bonds. The number of phenolic OH excluding ortho intramolecular Hbond substituents is 2. The number of benzene rings is 3. The molecule has 3 aliphatic rings. The van der Waals surface area contributed by atoms with E-state index >= 15 is 0 Å². The lowest BCUT2D eigenvalue weighted by molar-refractivity contribution is -0.172. The molecule has 65 heavy (non-hydrogen) atoms. The number of hydrogen-bond acceptors (Lipinski definition) is 12. The van der Waals surface area contributed by atoms with Gasteiger partial charge in [0.15, 0.2) is 11.4 Å². The summed E-state index contributed by atoms with van der Waals surface area (Å²) >= 11 is 0. The van der Waals surface area contributed by atoms with Crippen molar-refractivity contribution in [1.82, 2.24) is 38.7 Å². The third-order valence-electron chi connectivity index (χ3n) is 13.4. The van der Waals surface area contributed by atoms with Gasteiger partial charge >= 0.3 is 17.8 Å². The first-order valence-corrected chi connectivity index (χ1v) is 21.8. The molecule has 0 radical (unpaired) electrons. The maximum Gasteiger partial charge on any atom is 0.415 e. The van der Waals surface area contributed by atoms with Crippen LogP contribution < -0.4 is 16.0 Å². The predicted molar refractivity (Wildman–Crippen MR) is 240 cm³/mol. The van der Waals surface area contributed by atoms with E-state index in [4.69, 9.17) is 14.5 Å². The van der Waals surface area contributed by atoms with Crippen LogP contribution >= 0.6 is 0 Å². The van der Waals surface area contributed by atoms with E-state index in [9.17, 15) is 34.5 Å². The number of pyridine rings is 2. The first kappa shape index (κ1) is 41.8. The first-order chi connectivity index (χ1) is 31.2. The number of cyclic esters (lactones) is 1. The van der Waals surface area contributed by atoms with E-state index in [1.165, 1.54) is 10.6 Å². The van der Waals surface area contributed by atoms with Crippen LogP contribution in [0, 0.1) is 0 Å². The molecular formula is C48H48N8O9. The minimum Gasteiger partial charge on any atom is -0.508 e. The van der Waals surface area contributed by atoms with Crippen molar-refractivity contribution >= 4 is 33.9 Å². The highest BCUT2D eigenvalue weighted by molar-refractivity contribution is 5.90. The van der Waals surface area contributed by atoms with Crippen molar-refractivity contribution in [1.29, 1.82) is 0 Å². The number of carbonyl (C=O) groups excluding carboxylic acids is 2. The van der Waals surface area contributed by atoms with Gasteiger partial charge in [0.05, 0.1) is 40.3 Å². The Labute approximate surface area is 371 Å². The monoisotopic (exact) mass is 880 g/mol. The average Bonchev–Trinajstić information content (AvgIpc) is 3.96. The number of hydrogen-bond donors (Lipinski definition) is 4. The summed E-state index contributed by atoms with van der Waals surface area (Å²) in [7, 11) is 2.00. The van der Waals surface area contributed by atoms with Gasteiger partial charge in [0.2, 0.25) is 0 Å². The molecule has 1 unspecified atom stereocenters. The standard InChI is InChI=1S/C48H48N8O9/c1-6-30-32-18-29(9-10-37(32)49-42-34(30)23-55-39(42)20-36-35(44(55)59)24-64-45(60)48(36,63)7-2)65-47(62)54-14-12-53(13-15-54)22-28-17-26-16-27(8-11-38(26)52(28)5)56-43(50-51-46(56)61)33-19-31(25(3)4)40(57)21-41(33)58/h8-11,16-21,25,57-58,63H,6-7,12-15,22-24H2,1-5H3,(H,51,61). The van der Waals surface area contributed by atoms with Crippen LogP contribution in [0.25, 0.3) is 50.3 Å². The van der Waals surface area contributed by atoms with Crippen LogP contribution in [0.4, 0.5) is 4.79 Å². The molecule has 0 saturated carbocycles. The van der Waals surface area contributed by atoms with Crippen molar-refractivity contribution in [3.05, 3.63) is 115 Å². The number of aryl methyl sites for hydroxylation is 2. The molecule has 10 rings (SSSR count). The Kier molecular flexibility index (Phi) is 9.95. The van der Waals surface area contributed by atoms with Gasteiger partial charge in [-0.1, -0.05) is 27.7 Å². The van der Waals surface area contributed by atoms with E-state index in [-0.39, 0.29) is 59.5 Å². The van der Waals surface area contributed by atoms with Crippen molar-refractivity contribution in [2.24, 2.45) is 7.05 Å². The molecule has 0 spiro atoms. The fourth-order valence-electron chi connectivity index (χ4n) is 9.73. The molecule has 1 fully saturated rings. The summed E-state index contributed by atoms with van der Waals surface area (Å²) in [6.07, 6.45) is 0.232. The van der Waals surface area contributed by atoms with E-state index in [1.54, 1.807) is 40.7 Å². The van der Waals surface area contributed by atoms with Crippen LogP contribution in [0.5, 0.6) is 17.2 Å². The zero-order chi connectivity index (χ0) is 45.6. The smallest absolute Gasteiger partial charge is 0.415 e. The van der Waals surface area contributed by atoms with Gasteiger partial charge in [0, 0.05) is 78.9 Å². The van der Waals surface area contributed by atoms with Gasteiger partial charge in [-0.3, -0.25) is 9.69 Å². The van der Waals surface area contributed by atoms with E-state index < -0.39 is 23.4 Å². The Bertz CT molecular complexity index is 3260. The largest absolute Gasteiger partial charge is 0.508 e. The van der Waals surface area contributed by atoms with Crippen molar-refractivity contribution in [3.8, 4) is 45.7 Å². The number of aromatic hydroxyl groups is 2. The maximum absolute atomic E-state index is 13.8. The summed E-state index contributed by atoms with van der Waals surface area (Å²) < 4.78 is 16.3. The van der Waals surface area contributed by atoms with E-state index in [1.807, 2.05) is 52.1 Å². The molecule has 3 aromatic carbocycles. The number of H-pyrrole nitrogens is 1. The summed E-state index contributed by atoms with van der Waals surface area (Å²) in [5.74, 6) is -0.414. The van der Waals surface area contributed by atoms with Crippen LogP contribution in [0.1, 0.15) is 73.5 Å². The minimum absolute atomic E-state index is 0.0291. The maximum atomic E-state index is 13.8. The first-order valence-electron chi connectivity index (χ1n) is 21.8. The Hall–Kier alpha value is -7.24. The SMILES string of the molecule is CCc1c2c(nc3ccc(OC(=O)N4CCN(Cc5cc6cc(-n7c(-c8cc(C(C)C)c(O)cc8O)n[nH]c7=O)ccc6n5C)CC4)cc13)-c1cc3c(c(=O)n1C2)COC(=O)C3(O)CC. The van der Waals surface area contributed by atoms with Crippen LogP contribution in [-0.2, 0) is 48.3 Å². The Morgan fingerprint density at radius 2 is 1.74 bits per heavy atom. The Morgan fingerprint density at radius 1 is 0.954 bits per heavy atom. The van der Waals surface area contributed by atoms with Gasteiger partial charge in [0.25, 0.3) is 5.56 Å². The number of amides is 1. The Morgan fingerprint density at radius 3 is 2.48 bits per heavy atom. The number of aromatic amines is 1. The van der Waals surface area contributed by atoms with E-state index in [0.29, 0.717) is 78.6 Å². The van der Waals surface area contributed by atoms with Crippen molar-refractivity contribution in [3.63, 3.8) is 0 Å². The van der Waals surface area contributed by atoms with Gasteiger partial charge < -0.3 is 38.8 Å². The quantitative estimate of drug-likeness (QED) is 0.139. The second-order valence-corrected chi connectivity index (χ2v) is 17.4. The normalized spacial score (nSPS) is 17.2. The lowest BCUT2D eigenvalue weighted by atomic mass is 9.86. The van der Waals surface area contributed by atoms with E-state index in [2.05, 4.69) is 25.7 Å². The number of rotatable bonds is 8. The topological polar surface area (TPSA) is 210 Å².